The third kappa shape index (κ3) is 3.20. The monoisotopic (exact) mass is 306 g/mol. The highest BCUT2D eigenvalue weighted by Crippen LogP contribution is 2.44. The Bertz CT molecular complexity index is 492. The van der Waals surface area contributed by atoms with Crippen molar-refractivity contribution in [2.24, 2.45) is 11.3 Å². The second-order valence-corrected chi connectivity index (χ2v) is 6.99. The van der Waals surface area contributed by atoms with Gasteiger partial charge in [-0.15, -0.1) is 0 Å². The molecule has 0 radical (unpaired) electrons. The summed E-state index contributed by atoms with van der Waals surface area (Å²) in [6.07, 6.45) is 5.45. The molecule has 2 fully saturated rings. The summed E-state index contributed by atoms with van der Waals surface area (Å²) in [5, 5.41) is 3.11. The van der Waals surface area contributed by atoms with Crippen LogP contribution in [-0.4, -0.2) is 43.2 Å². The summed E-state index contributed by atoms with van der Waals surface area (Å²) in [4.78, 5) is 15.1. The molecule has 2 saturated heterocycles. The van der Waals surface area contributed by atoms with Crippen molar-refractivity contribution in [1.82, 2.24) is 10.2 Å². The quantitative estimate of drug-likeness (QED) is 0.925. The molecule has 2 aliphatic heterocycles. The molecule has 3 heterocycles. The maximum atomic E-state index is 12.7. The number of nitrogens with zero attached hydrogens (tertiary/aromatic N) is 1. The van der Waals surface area contributed by atoms with E-state index in [0.29, 0.717) is 0 Å². The zero-order chi connectivity index (χ0) is 15.6. The Morgan fingerprint density at radius 2 is 2.23 bits per heavy atom. The number of furan rings is 1. The van der Waals surface area contributed by atoms with Crippen LogP contribution in [0.1, 0.15) is 32.3 Å². The maximum Gasteiger partial charge on any atom is 0.225 e. The molecule has 3 rings (SSSR count). The van der Waals surface area contributed by atoms with Gasteiger partial charge in [-0.1, -0.05) is 0 Å². The number of ether oxygens (including phenoxy) is 1. The lowest BCUT2D eigenvalue weighted by Crippen LogP contribution is -2.46. The van der Waals surface area contributed by atoms with E-state index < -0.39 is 0 Å². The van der Waals surface area contributed by atoms with E-state index in [4.69, 9.17) is 9.15 Å². The third-order valence-electron chi connectivity index (χ3n) is 4.94. The first-order chi connectivity index (χ1) is 10.6. The molecule has 0 aromatic carbocycles. The fraction of sp³-hybridized carbons (Fsp3) is 0.706. The van der Waals surface area contributed by atoms with Crippen LogP contribution in [0.25, 0.3) is 0 Å². The zero-order valence-corrected chi connectivity index (χ0v) is 13.5. The summed E-state index contributed by atoms with van der Waals surface area (Å²) in [5.41, 5.74) is 1.24. The molecule has 5 nitrogen and oxygen atoms in total. The van der Waals surface area contributed by atoms with Gasteiger partial charge >= 0.3 is 0 Å². The standard InChI is InChI=1S/C17H26N2O3/c1-13(2)18-16(20)15-10-19(9-14-3-6-22-11-14)12-17(15)4-7-21-8-5-17/h3,6,11,13,15H,4-5,7-10,12H2,1-2H3,(H,18,20). The molecule has 1 atom stereocenters. The number of hydrogen-bond donors (Lipinski definition) is 1. The number of carbonyl (C=O) groups excluding carboxylic acids is 1. The number of amides is 1. The lowest BCUT2D eigenvalue weighted by molar-refractivity contribution is -0.130. The van der Waals surface area contributed by atoms with E-state index in [1.54, 1.807) is 12.5 Å². The second-order valence-electron chi connectivity index (χ2n) is 6.99. The van der Waals surface area contributed by atoms with Gasteiger partial charge in [-0.2, -0.15) is 0 Å². The Labute approximate surface area is 132 Å². The Hall–Kier alpha value is -1.33. The zero-order valence-electron chi connectivity index (χ0n) is 13.5. The molecule has 0 aliphatic carbocycles. The van der Waals surface area contributed by atoms with E-state index in [-0.39, 0.29) is 23.3 Å². The van der Waals surface area contributed by atoms with Gasteiger partial charge in [0.2, 0.25) is 5.91 Å². The molecule has 1 amide bonds. The molecule has 0 bridgehead atoms. The van der Waals surface area contributed by atoms with Crippen LogP contribution in [0.15, 0.2) is 23.0 Å². The van der Waals surface area contributed by atoms with Gasteiger partial charge in [-0.05, 0) is 32.8 Å². The summed E-state index contributed by atoms with van der Waals surface area (Å²) in [6, 6.07) is 2.19. The van der Waals surface area contributed by atoms with E-state index in [1.165, 1.54) is 5.56 Å². The summed E-state index contributed by atoms with van der Waals surface area (Å²) in [5.74, 6) is 0.261. The van der Waals surface area contributed by atoms with Gasteiger partial charge < -0.3 is 14.5 Å². The second kappa shape index (κ2) is 6.42. The molecule has 1 aromatic heterocycles. The smallest absolute Gasteiger partial charge is 0.225 e. The maximum absolute atomic E-state index is 12.7. The minimum atomic E-state index is 0.0608. The van der Waals surface area contributed by atoms with Crippen molar-refractivity contribution in [2.75, 3.05) is 26.3 Å². The van der Waals surface area contributed by atoms with Crippen molar-refractivity contribution in [2.45, 2.75) is 39.3 Å². The van der Waals surface area contributed by atoms with Gasteiger partial charge in [0.1, 0.15) is 0 Å². The van der Waals surface area contributed by atoms with Crippen molar-refractivity contribution in [3.63, 3.8) is 0 Å². The Balaban J connectivity index is 1.74. The number of rotatable bonds is 4. The van der Waals surface area contributed by atoms with Gasteiger partial charge in [0.05, 0.1) is 18.4 Å². The molecule has 122 valence electrons. The van der Waals surface area contributed by atoms with Crippen LogP contribution < -0.4 is 5.32 Å². The summed E-state index contributed by atoms with van der Waals surface area (Å²) in [6.45, 7) is 8.22. The molecule has 22 heavy (non-hydrogen) atoms. The van der Waals surface area contributed by atoms with Crippen LogP contribution in [-0.2, 0) is 16.1 Å². The van der Waals surface area contributed by atoms with Gasteiger partial charge in [0.15, 0.2) is 0 Å². The third-order valence-corrected chi connectivity index (χ3v) is 4.94. The van der Waals surface area contributed by atoms with Crippen LogP contribution >= 0.6 is 0 Å². The van der Waals surface area contributed by atoms with Crippen LogP contribution in [0.5, 0.6) is 0 Å². The minimum Gasteiger partial charge on any atom is -0.472 e. The highest BCUT2D eigenvalue weighted by molar-refractivity contribution is 5.80. The first-order valence-corrected chi connectivity index (χ1v) is 8.21. The average molecular weight is 306 g/mol. The van der Waals surface area contributed by atoms with Crippen molar-refractivity contribution >= 4 is 5.91 Å². The van der Waals surface area contributed by atoms with Crippen LogP contribution in [0, 0.1) is 11.3 Å². The van der Waals surface area contributed by atoms with Gasteiger partial charge in [-0.25, -0.2) is 0 Å². The van der Waals surface area contributed by atoms with E-state index in [0.717, 1.165) is 45.7 Å². The molecule has 1 unspecified atom stereocenters. The topological polar surface area (TPSA) is 54.7 Å². The van der Waals surface area contributed by atoms with Gasteiger partial charge in [0.25, 0.3) is 0 Å². The summed E-state index contributed by atoms with van der Waals surface area (Å²) in [7, 11) is 0. The number of carbonyl (C=O) groups is 1. The molecular weight excluding hydrogens is 280 g/mol. The molecule has 1 N–H and O–H groups in total. The minimum absolute atomic E-state index is 0.0608. The van der Waals surface area contributed by atoms with Gasteiger partial charge in [-0.3, -0.25) is 9.69 Å². The highest BCUT2D eigenvalue weighted by atomic mass is 16.5. The van der Waals surface area contributed by atoms with Crippen LogP contribution in [0.3, 0.4) is 0 Å². The first-order valence-electron chi connectivity index (χ1n) is 8.21. The molecule has 1 spiro atoms. The Morgan fingerprint density at radius 3 is 2.86 bits per heavy atom. The van der Waals surface area contributed by atoms with E-state index in [2.05, 4.69) is 10.2 Å². The molecular formula is C17H26N2O3. The molecule has 1 aromatic rings. The number of likely N-dealkylation sites (tertiary alicyclic amines) is 1. The van der Waals surface area contributed by atoms with Crippen molar-refractivity contribution in [1.29, 1.82) is 0 Å². The lowest BCUT2D eigenvalue weighted by Gasteiger charge is -2.37. The molecule has 0 saturated carbocycles. The highest BCUT2D eigenvalue weighted by Gasteiger charge is 2.50. The summed E-state index contributed by atoms with van der Waals surface area (Å²) < 4.78 is 10.7. The van der Waals surface area contributed by atoms with Crippen LogP contribution in [0.2, 0.25) is 0 Å². The SMILES string of the molecule is CC(C)NC(=O)C1CN(Cc2ccoc2)CC12CCOCC2. The first kappa shape index (κ1) is 15.6. The van der Waals surface area contributed by atoms with E-state index in [1.807, 2.05) is 19.9 Å². The Kier molecular flexibility index (Phi) is 4.54. The number of nitrogens with one attached hydrogen (secondary N) is 1. The van der Waals surface area contributed by atoms with E-state index >= 15 is 0 Å². The van der Waals surface area contributed by atoms with E-state index in [9.17, 15) is 4.79 Å². The predicted molar refractivity (Wildman–Crippen MR) is 83.2 cm³/mol. The van der Waals surface area contributed by atoms with Crippen LogP contribution in [0.4, 0.5) is 0 Å². The van der Waals surface area contributed by atoms with Crippen molar-refractivity contribution in [3.05, 3.63) is 24.2 Å². The average Bonchev–Trinajstić information content (AvgIpc) is 3.08. The fourth-order valence-electron chi connectivity index (χ4n) is 3.86. The Morgan fingerprint density at radius 1 is 1.45 bits per heavy atom. The lowest BCUT2D eigenvalue weighted by atomic mass is 9.71. The fourth-order valence-corrected chi connectivity index (χ4v) is 3.86. The van der Waals surface area contributed by atoms with Gasteiger partial charge in [0, 0.05) is 49.9 Å². The van der Waals surface area contributed by atoms with Crippen molar-refractivity contribution in [3.8, 4) is 0 Å². The number of hydrogen-bond acceptors (Lipinski definition) is 4. The normalized spacial score (nSPS) is 25.0. The predicted octanol–water partition coefficient (Wildman–Crippen LogP) is 2.03. The molecule has 2 aliphatic rings. The summed E-state index contributed by atoms with van der Waals surface area (Å²) >= 11 is 0. The largest absolute Gasteiger partial charge is 0.472 e. The molecule has 5 heteroatoms. The van der Waals surface area contributed by atoms with Crippen molar-refractivity contribution < 1.29 is 13.9 Å².